The lowest BCUT2D eigenvalue weighted by Crippen LogP contribution is -2.36. The molecule has 0 amide bonds. The van der Waals surface area contributed by atoms with Crippen molar-refractivity contribution in [3.63, 3.8) is 0 Å². The summed E-state index contributed by atoms with van der Waals surface area (Å²) in [6, 6.07) is 0.766. The molecule has 0 radical (unpaired) electrons. The molecule has 0 aromatic carbocycles. The van der Waals surface area contributed by atoms with E-state index in [1.807, 2.05) is 0 Å². The monoisotopic (exact) mass is 209 g/mol. The molecule has 1 heteroatoms. The van der Waals surface area contributed by atoms with Gasteiger partial charge in [0.15, 0.2) is 0 Å². The molecule has 0 aromatic rings. The van der Waals surface area contributed by atoms with E-state index < -0.39 is 0 Å². The fourth-order valence-electron chi connectivity index (χ4n) is 3.22. The summed E-state index contributed by atoms with van der Waals surface area (Å²) in [4.78, 5) is 0. The van der Waals surface area contributed by atoms with Crippen LogP contribution < -0.4 is 5.32 Å². The SMILES string of the molecule is CCCC1(CNC(C)C2CCCC2)CC1. The summed E-state index contributed by atoms with van der Waals surface area (Å²) < 4.78 is 0. The van der Waals surface area contributed by atoms with Crippen LogP contribution in [0.15, 0.2) is 0 Å². The topological polar surface area (TPSA) is 12.0 Å². The van der Waals surface area contributed by atoms with Crippen LogP contribution in [0, 0.1) is 11.3 Å². The van der Waals surface area contributed by atoms with Gasteiger partial charge in [-0.2, -0.15) is 0 Å². The fraction of sp³-hybridized carbons (Fsp3) is 1.00. The lowest BCUT2D eigenvalue weighted by Gasteiger charge is -2.24. The Morgan fingerprint density at radius 1 is 1.27 bits per heavy atom. The van der Waals surface area contributed by atoms with Crippen molar-refractivity contribution in [2.24, 2.45) is 11.3 Å². The molecule has 1 unspecified atom stereocenters. The van der Waals surface area contributed by atoms with E-state index in [-0.39, 0.29) is 0 Å². The van der Waals surface area contributed by atoms with Crippen molar-refractivity contribution >= 4 is 0 Å². The second-order valence-electron chi connectivity index (χ2n) is 5.96. The highest BCUT2D eigenvalue weighted by Gasteiger charge is 2.41. The fourth-order valence-corrected chi connectivity index (χ4v) is 3.22. The van der Waals surface area contributed by atoms with Gasteiger partial charge in [-0.1, -0.05) is 26.2 Å². The zero-order valence-electron chi connectivity index (χ0n) is 10.5. The number of nitrogens with one attached hydrogen (secondary N) is 1. The smallest absolute Gasteiger partial charge is 0.00672 e. The van der Waals surface area contributed by atoms with Crippen LogP contribution in [0.1, 0.15) is 65.2 Å². The standard InChI is InChI=1S/C14H27N/c1-3-8-14(9-10-14)11-15-12(2)13-6-4-5-7-13/h12-13,15H,3-11H2,1-2H3. The van der Waals surface area contributed by atoms with Crippen LogP contribution in [0.2, 0.25) is 0 Å². The minimum atomic E-state index is 0.724. The van der Waals surface area contributed by atoms with Gasteiger partial charge in [0, 0.05) is 12.6 Å². The van der Waals surface area contributed by atoms with E-state index in [0.717, 1.165) is 17.4 Å². The highest BCUT2D eigenvalue weighted by Crippen LogP contribution is 2.49. The average Bonchev–Trinajstić information content (AvgIpc) is 2.81. The van der Waals surface area contributed by atoms with Gasteiger partial charge in [0.25, 0.3) is 0 Å². The quantitative estimate of drug-likeness (QED) is 0.703. The first kappa shape index (κ1) is 11.4. The molecule has 1 atom stereocenters. The first-order valence-corrected chi connectivity index (χ1v) is 6.99. The summed E-state index contributed by atoms with van der Waals surface area (Å²) in [7, 11) is 0. The van der Waals surface area contributed by atoms with Crippen LogP contribution in [0.4, 0.5) is 0 Å². The normalized spacial score (nSPS) is 26.8. The number of rotatable bonds is 6. The largest absolute Gasteiger partial charge is 0.313 e. The highest BCUT2D eigenvalue weighted by molar-refractivity contribution is 4.95. The van der Waals surface area contributed by atoms with Crippen LogP contribution in [0.3, 0.4) is 0 Å². The van der Waals surface area contributed by atoms with Crippen molar-refractivity contribution in [3.8, 4) is 0 Å². The molecular formula is C14H27N. The van der Waals surface area contributed by atoms with Crippen LogP contribution in [0.5, 0.6) is 0 Å². The van der Waals surface area contributed by atoms with Gasteiger partial charge < -0.3 is 5.32 Å². The highest BCUT2D eigenvalue weighted by atomic mass is 14.9. The molecule has 0 saturated heterocycles. The Bertz CT molecular complexity index is 190. The maximum absolute atomic E-state index is 3.81. The zero-order chi connectivity index (χ0) is 10.7. The number of hydrogen-bond donors (Lipinski definition) is 1. The first-order valence-electron chi connectivity index (χ1n) is 6.99. The van der Waals surface area contributed by atoms with Crippen LogP contribution >= 0.6 is 0 Å². The van der Waals surface area contributed by atoms with Crippen LogP contribution in [-0.4, -0.2) is 12.6 Å². The molecule has 1 nitrogen and oxygen atoms in total. The Hall–Kier alpha value is -0.0400. The van der Waals surface area contributed by atoms with Crippen molar-refractivity contribution in [2.45, 2.75) is 71.3 Å². The van der Waals surface area contributed by atoms with Gasteiger partial charge >= 0.3 is 0 Å². The molecule has 1 N–H and O–H groups in total. The van der Waals surface area contributed by atoms with Crippen LogP contribution in [0.25, 0.3) is 0 Å². The van der Waals surface area contributed by atoms with Crippen molar-refractivity contribution in [3.05, 3.63) is 0 Å². The molecule has 2 aliphatic carbocycles. The summed E-state index contributed by atoms with van der Waals surface area (Å²) in [6.45, 7) is 6.01. The summed E-state index contributed by atoms with van der Waals surface area (Å²) in [6.07, 6.45) is 11.6. The molecule has 0 bridgehead atoms. The molecule has 2 fully saturated rings. The second kappa shape index (κ2) is 4.86. The summed E-state index contributed by atoms with van der Waals surface area (Å²) in [5, 5.41) is 3.81. The molecule has 2 saturated carbocycles. The van der Waals surface area contributed by atoms with Gasteiger partial charge in [-0.3, -0.25) is 0 Å². The van der Waals surface area contributed by atoms with E-state index in [9.17, 15) is 0 Å². The predicted octanol–water partition coefficient (Wildman–Crippen LogP) is 3.74. The average molecular weight is 209 g/mol. The van der Waals surface area contributed by atoms with Gasteiger partial charge in [0.1, 0.15) is 0 Å². The molecule has 88 valence electrons. The molecule has 0 aliphatic heterocycles. The maximum atomic E-state index is 3.81. The van der Waals surface area contributed by atoms with E-state index in [0.29, 0.717) is 0 Å². The molecule has 0 heterocycles. The molecule has 15 heavy (non-hydrogen) atoms. The van der Waals surface area contributed by atoms with Crippen molar-refractivity contribution in [1.82, 2.24) is 5.32 Å². The maximum Gasteiger partial charge on any atom is 0.00672 e. The van der Waals surface area contributed by atoms with Gasteiger partial charge in [-0.25, -0.2) is 0 Å². The Morgan fingerprint density at radius 2 is 1.93 bits per heavy atom. The van der Waals surface area contributed by atoms with E-state index in [4.69, 9.17) is 0 Å². The molecule has 0 aromatic heterocycles. The van der Waals surface area contributed by atoms with Crippen molar-refractivity contribution < 1.29 is 0 Å². The molecule has 2 rings (SSSR count). The number of hydrogen-bond acceptors (Lipinski definition) is 1. The predicted molar refractivity (Wildman–Crippen MR) is 66.0 cm³/mol. The van der Waals surface area contributed by atoms with Crippen molar-refractivity contribution in [2.75, 3.05) is 6.54 Å². The minimum Gasteiger partial charge on any atom is -0.313 e. The Kier molecular flexibility index (Phi) is 3.71. The Balaban J connectivity index is 1.68. The third-order valence-electron chi connectivity index (χ3n) is 4.64. The van der Waals surface area contributed by atoms with Gasteiger partial charge in [0.2, 0.25) is 0 Å². The second-order valence-corrected chi connectivity index (χ2v) is 5.96. The first-order chi connectivity index (χ1) is 7.26. The van der Waals surface area contributed by atoms with E-state index in [1.54, 1.807) is 0 Å². The zero-order valence-corrected chi connectivity index (χ0v) is 10.5. The summed E-state index contributed by atoms with van der Waals surface area (Å²) in [5.41, 5.74) is 0.724. The van der Waals surface area contributed by atoms with Crippen LogP contribution in [-0.2, 0) is 0 Å². The lowest BCUT2D eigenvalue weighted by atomic mass is 9.96. The van der Waals surface area contributed by atoms with E-state index >= 15 is 0 Å². The summed E-state index contributed by atoms with van der Waals surface area (Å²) >= 11 is 0. The van der Waals surface area contributed by atoms with Gasteiger partial charge in [-0.15, -0.1) is 0 Å². The van der Waals surface area contributed by atoms with Gasteiger partial charge in [-0.05, 0) is 50.4 Å². The van der Waals surface area contributed by atoms with Gasteiger partial charge in [0.05, 0.1) is 0 Å². The molecule has 2 aliphatic rings. The molecule has 0 spiro atoms. The Labute approximate surface area is 95.0 Å². The van der Waals surface area contributed by atoms with E-state index in [1.165, 1.54) is 57.9 Å². The molecular weight excluding hydrogens is 182 g/mol. The Morgan fingerprint density at radius 3 is 2.47 bits per heavy atom. The minimum absolute atomic E-state index is 0.724. The third kappa shape index (κ3) is 2.96. The summed E-state index contributed by atoms with van der Waals surface area (Å²) in [5.74, 6) is 0.974. The lowest BCUT2D eigenvalue weighted by molar-refractivity contribution is 0.331. The van der Waals surface area contributed by atoms with Crippen molar-refractivity contribution in [1.29, 1.82) is 0 Å². The third-order valence-corrected chi connectivity index (χ3v) is 4.64. The van der Waals surface area contributed by atoms with E-state index in [2.05, 4.69) is 19.2 Å².